The van der Waals surface area contributed by atoms with Crippen molar-refractivity contribution in [3.63, 3.8) is 0 Å². The first-order valence-electron chi connectivity index (χ1n) is 11.7. The van der Waals surface area contributed by atoms with Gasteiger partial charge in [-0.2, -0.15) is 5.10 Å². The zero-order chi connectivity index (χ0) is 23.8. The van der Waals surface area contributed by atoms with E-state index < -0.39 is 0 Å². The zero-order valence-electron chi connectivity index (χ0n) is 20.1. The molecule has 0 aliphatic carbocycles. The number of carbonyl (C=O) groups is 1. The van der Waals surface area contributed by atoms with Crippen LogP contribution >= 0.6 is 0 Å². The van der Waals surface area contributed by atoms with E-state index >= 15 is 0 Å². The van der Waals surface area contributed by atoms with E-state index in [1.54, 1.807) is 12.4 Å². The minimum Gasteiger partial charge on any atom is -0.351 e. The Kier molecular flexibility index (Phi) is 5.87. The second kappa shape index (κ2) is 8.99. The number of nitrogens with one attached hydrogen (secondary N) is 1. The van der Waals surface area contributed by atoms with E-state index in [1.165, 1.54) is 11.1 Å². The van der Waals surface area contributed by atoms with Crippen LogP contribution in [0.15, 0.2) is 61.1 Å². The van der Waals surface area contributed by atoms with E-state index in [9.17, 15) is 4.79 Å². The summed E-state index contributed by atoms with van der Waals surface area (Å²) in [7, 11) is 2.12. The number of amides is 1. The molecule has 5 rings (SSSR count). The van der Waals surface area contributed by atoms with Crippen LogP contribution < -0.4 is 5.32 Å². The molecule has 0 unspecified atom stereocenters. The molecular formula is C27H30N6O. The molecule has 34 heavy (non-hydrogen) atoms. The summed E-state index contributed by atoms with van der Waals surface area (Å²) in [5, 5.41) is 8.78. The van der Waals surface area contributed by atoms with Crippen molar-refractivity contribution in [2.24, 2.45) is 0 Å². The number of fused-ring (bicyclic) bond motifs is 1. The summed E-state index contributed by atoms with van der Waals surface area (Å²) in [6.45, 7) is 7.17. The summed E-state index contributed by atoms with van der Waals surface area (Å²) >= 11 is 0. The first-order valence-corrected chi connectivity index (χ1v) is 11.7. The first kappa shape index (κ1) is 22.2. The molecule has 7 heteroatoms. The molecule has 1 N–H and O–H groups in total. The van der Waals surface area contributed by atoms with Gasteiger partial charge in [-0.25, -0.2) is 4.68 Å². The lowest BCUT2D eigenvalue weighted by molar-refractivity contribution is -0.121. The second-order valence-corrected chi connectivity index (χ2v) is 9.36. The van der Waals surface area contributed by atoms with Crippen molar-refractivity contribution >= 4 is 16.8 Å². The van der Waals surface area contributed by atoms with Gasteiger partial charge in [0.15, 0.2) is 0 Å². The van der Waals surface area contributed by atoms with Crippen LogP contribution in [0.4, 0.5) is 0 Å². The van der Waals surface area contributed by atoms with E-state index in [1.807, 2.05) is 36.0 Å². The van der Waals surface area contributed by atoms with Crippen LogP contribution in [0.2, 0.25) is 0 Å². The lowest BCUT2D eigenvalue weighted by atomic mass is 9.86. The van der Waals surface area contributed by atoms with Crippen LogP contribution in [-0.2, 0) is 11.2 Å². The van der Waals surface area contributed by atoms with Gasteiger partial charge in [0.2, 0.25) is 5.91 Å². The molecule has 4 aromatic rings. The number of rotatable bonds is 5. The quantitative estimate of drug-likeness (QED) is 0.499. The molecule has 0 bridgehead atoms. The monoisotopic (exact) mass is 454 g/mol. The molecule has 3 aromatic heterocycles. The van der Waals surface area contributed by atoms with Gasteiger partial charge in [-0.05, 0) is 57.1 Å². The number of aryl methyl sites for hydroxylation is 2. The average molecular weight is 455 g/mol. The fourth-order valence-corrected chi connectivity index (χ4v) is 5.13. The topological polar surface area (TPSA) is 75.9 Å². The Bertz CT molecular complexity index is 1350. The summed E-state index contributed by atoms with van der Waals surface area (Å²) in [4.78, 5) is 24.2. The van der Waals surface area contributed by atoms with Crippen LogP contribution in [0.1, 0.15) is 35.4 Å². The van der Waals surface area contributed by atoms with Gasteiger partial charge in [0.05, 0.1) is 35.7 Å². The van der Waals surface area contributed by atoms with E-state index in [-0.39, 0.29) is 24.3 Å². The van der Waals surface area contributed by atoms with Crippen molar-refractivity contribution in [3.8, 4) is 5.69 Å². The van der Waals surface area contributed by atoms with E-state index in [0.29, 0.717) is 6.04 Å². The molecule has 1 amide bonds. The smallest absolute Gasteiger partial charge is 0.226 e. The second-order valence-electron chi connectivity index (χ2n) is 9.36. The number of likely N-dealkylation sites (N-methyl/N-ethyl adjacent to an activating group) is 1. The standard InChI is InChI=1S/C27H30N6O/c1-17-7-5-6-8-23(17)27-19(3)32(4)16-24(27)31-26(34)13-21-12-20-14-30-33(25(20)15-29-21)22-9-10-28-18(2)11-22/h5-12,14-15,19,24,27H,13,16H2,1-4H3,(H,31,34)/t19-,24-,27+/m1/s1. The van der Waals surface area contributed by atoms with Gasteiger partial charge >= 0.3 is 0 Å². The highest BCUT2D eigenvalue weighted by Crippen LogP contribution is 2.34. The Labute approximate surface area is 199 Å². The number of nitrogens with zero attached hydrogens (tertiary/aromatic N) is 5. The Hall–Kier alpha value is -3.58. The van der Waals surface area contributed by atoms with Gasteiger partial charge in [-0.3, -0.25) is 14.8 Å². The van der Waals surface area contributed by atoms with Crippen LogP contribution in [0, 0.1) is 13.8 Å². The van der Waals surface area contributed by atoms with Crippen molar-refractivity contribution in [2.45, 2.75) is 45.2 Å². The summed E-state index contributed by atoms with van der Waals surface area (Å²) in [5.41, 5.74) is 6.09. The summed E-state index contributed by atoms with van der Waals surface area (Å²) < 4.78 is 1.85. The van der Waals surface area contributed by atoms with Gasteiger partial charge in [-0.1, -0.05) is 24.3 Å². The molecule has 1 fully saturated rings. The number of benzene rings is 1. The number of hydrogen-bond donors (Lipinski definition) is 1. The summed E-state index contributed by atoms with van der Waals surface area (Å²) in [6, 6.07) is 14.8. The third-order valence-corrected chi connectivity index (χ3v) is 7.00. The third kappa shape index (κ3) is 4.19. The van der Waals surface area contributed by atoms with Crippen LogP contribution in [0.3, 0.4) is 0 Å². The maximum atomic E-state index is 13.0. The van der Waals surface area contributed by atoms with Gasteiger partial charge < -0.3 is 10.2 Å². The van der Waals surface area contributed by atoms with Crippen molar-refractivity contribution < 1.29 is 4.79 Å². The Balaban J connectivity index is 1.33. The van der Waals surface area contributed by atoms with Gasteiger partial charge in [0.25, 0.3) is 0 Å². The summed E-state index contributed by atoms with van der Waals surface area (Å²) in [6.07, 6.45) is 5.62. The van der Waals surface area contributed by atoms with E-state index in [0.717, 1.165) is 34.5 Å². The largest absolute Gasteiger partial charge is 0.351 e. The SMILES string of the molecule is Cc1cc(-n2ncc3cc(CC(=O)N[C@@H]4CN(C)[C@H](C)[C@H]4c4ccccc4C)ncc32)ccn1. The minimum atomic E-state index is -0.00455. The minimum absolute atomic E-state index is 0.00455. The Morgan fingerprint density at radius 1 is 1.12 bits per heavy atom. The summed E-state index contributed by atoms with van der Waals surface area (Å²) in [5.74, 6) is 0.253. The van der Waals surface area contributed by atoms with Crippen LogP contribution in [0.5, 0.6) is 0 Å². The predicted octanol–water partition coefficient (Wildman–Crippen LogP) is 3.58. The number of carbonyl (C=O) groups excluding carboxylic acids is 1. The molecule has 3 atom stereocenters. The van der Waals surface area contributed by atoms with Crippen molar-refractivity contribution in [1.82, 2.24) is 30.0 Å². The van der Waals surface area contributed by atoms with Crippen molar-refractivity contribution in [3.05, 3.63) is 83.6 Å². The molecule has 0 spiro atoms. The highest BCUT2D eigenvalue weighted by molar-refractivity contribution is 5.83. The van der Waals surface area contributed by atoms with E-state index in [4.69, 9.17) is 0 Å². The lowest BCUT2D eigenvalue weighted by Crippen LogP contribution is -2.41. The lowest BCUT2D eigenvalue weighted by Gasteiger charge is -2.25. The highest BCUT2D eigenvalue weighted by atomic mass is 16.1. The fraction of sp³-hybridized carbons (Fsp3) is 0.333. The maximum Gasteiger partial charge on any atom is 0.226 e. The molecule has 1 aromatic carbocycles. The molecule has 0 radical (unpaired) electrons. The van der Waals surface area contributed by atoms with E-state index in [2.05, 4.69) is 70.4 Å². The number of pyridine rings is 2. The molecule has 1 saturated heterocycles. The normalized spacial score (nSPS) is 20.6. The van der Waals surface area contributed by atoms with Gasteiger partial charge in [0, 0.05) is 41.8 Å². The zero-order valence-corrected chi connectivity index (χ0v) is 20.1. The molecule has 1 aliphatic heterocycles. The van der Waals surface area contributed by atoms with Crippen molar-refractivity contribution in [1.29, 1.82) is 0 Å². The number of hydrogen-bond acceptors (Lipinski definition) is 5. The molecule has 7 nitrogen and oxygen atoms in total. The molecule has 174 valence electrons. The number of aromatic nitrogens is 4. The van der Waals surface area contributed by atoms with Crippen molar-refractivity contribution in [2.75, 3.05) is 13.6 Å². The molecule has 1 aliphatic rings. The highest BCUT2D eigenvalue weighted by Gasteiger charge is 2.39. The predicted molar refractivity (Wildman–Crippen MR) is 133 cm³/mol. The van der Waals surface area contributed by atoms with Crippen LogP contribution in [0.25, 0.3) is 16.6 Å². The third-order valence-electron chi connectivity index (χ3n) is 7.00. The average Bonchev–Trinajstić information content (AvgIpc) is 3.34. The van der Waals surface area contributed by atoms with Crippen LogP contribution in [-0.4, -0.2) is 56.2 Å². The number of likely N-dealkylation sites (tertiary alicyclic amines) is 1. The Morgan fingerprint density at radius 3 is 2.74 bits per heavy atom. The van der Waals surface area contributed by atoms with Gasteiger partial charge in [-0.15, -0.1) is 0 Å². The molecular weight excluding hydrogens is 424 g/mol. The van der Waals surface area contributed by atoms with Gasteiger partial charge in [0.1, 0.15) is 0 Å². The molecule has 0 saturated carbocycles. The fourth-order valence-electron chi connectivity index (χ4n) is 5.13. The maximum absolute atomic E-state index is 13.0. The first-order chi connectivity index (χ1) is 16.4. The molecule has 4 heterocycles. The Morgan fingerprint density at radius 2 is 1.94 bits per heavy atom.